The predicted molar refractivity (Wildman–Crippen MR) is 126 cm³/mol. The third-order valence-corrected chi connectivity index (χ3v) is 7.33. The molecule has 0 spiro atoms. The number of anilines is 1. The van der Waals surface area contributed by atoms with Crippen LogP contribution in [0.15, 0.2) is 64.2 Å². The summed E-state index contributed by atoms with van der Waals surface area (Å²) in [6.07, 6.45) is 0. The second-order valence-corrected chi connectivity index (χ2v) is 9.74. The van der Waals surface area contributed by atoms with Gasteiger partial charge in [0.25, 0.3) is 15.9 Å². The number of nitrogens with one attached hydrogen (secondary N) is 2. The van der Waals surface area contributed by atoms with E-state index in [-0.39, 0.29) is 16.2 Å². The Morgan fingerprint density at radius 3 is 2.44 bits per heavy atom. The summed E-state index contributed by atoms with van der Waals surface area (Å²) in [4.78, 5) is 12.8. The highest BCUT2D eigenvalue weighted by molar-refractivity contribution is 7.94. The van der Waals surface area contributed by atoms with Crippen molar-refractivity contribution in [2.24, 2.45) is 0 Å². The van der Waals surface area contributed by atoms with Crippen LogP contribution in [0.3, 0.4) is 0 Å². The first-order chi connectivity index (χ1) is 15.3. The molecule has 9 heteroatoms. The van der Waals surface area contributed by atoms with Crippen molar-refractivity contribution in [3.05, 3.63) is 71.1 Å². The van der Waals surface area contributed by atoms with E-state index in [1.807, 2.05) is 39.0 Å². The van der Waals surface area contributed by atoms with Crippen LogP contribution < -0.4 is 19.5 Å². The van der Waals surface area contributed by atoms with E-state index in [2.05, 4.69) is 10.0 Å². The SMILES string of the molecule is CCOc1ccc(C(C)NC(=O)c2cccc(NS(=O)(=O)c3cccs3)c2)cc1OCC. The summed E-state index contributed by atoms with van der Waals surface area (Å²) < 4.78 is 38.9. The molecule has 0 aliphatic carbocycles. The first-order valence-electron chi connectivity index (χ1n) is 10.2. The summed E-state index contributed by atoms with van der Waals surface area (Å²) in [7, 11) is -3.69. The fourth-order valence-electron chi connectivity index (χ4n) is 3.05. The molecule has 2 N–H and O–H groups in total. The quantitative estimate of drug-likeness (QED) is 0.439. The maximum atomic E-state index is 12.8. The summed E-state index contributed by atoms with van der Waals surface area (Å²) in [5.41, 5.74) is 1.53. The van der Waals surface area contributed by atoms with Crippen molar-refractivity contribution in [3.63, 3.8) is 0 Å². The summed E-state index contributed by atoms with van der Waals surface area (Å²) in [6.45, 7) is 6.69. The summed E-state index contributed by atoms with van der Waals surface area (Å²) in [5, 5.41) is 4.63. The van der Waals surface area contributed by atoms with Crippen LogP contribution in [0.1, 0.15) is 42.7 Å². The van der Waals surface area contributed by atoms with Crippen LogP contribution in [0.4, 0.5) is 5.69 Å². The molecule has 3 aromatic rings. The number of benzene rings is 2. The molecule has 0 aliphatic rings. The van der Waals surface area contributed by atoms with Crippen LogP contribution in [-0.4, -0.2) is 27.5 Å². The molecule has 1 heterocycles. The highest BCUT2D eigenvalue weighted by Gasteiger charge is 2.18. The fraction of sp³-hybridized carbons (Fsp3) is 0.261. The minimum absolute atomic E-state index is 0.210. The lowest BCUT2D eigenvalue weighted by Crippen LogP contribution is -2.26. The Bertz CT molecular complexity index is 1160. The van der Waals surface area contributed by atoms with Gasteiger partial charge >= 0.3 is 0 Å². The van der Waals surface area contributed by atoms with Crippen molar-refractivity contribution in [2.45, 2.75) is 31.0 Å². The number of ether oxygens (including phenoxy) is 2. The van der Waals surface area contributed by atoms with Crippen LogP contribution in [-0.2, 0) is 10.0 Å². The van der Waals surface area contributed by atoms with Crippen LogP contribution in [0.25, 0.3) is 0 Å². The molecule has 0 saturated carbocycles. The van der Waals surface area contributed by atoms with Gasteiger partial charge in [0.15, 0.2) is 11.5 Å². The average Bonchev–Trinajstić information content (AvgIpc) is 3.31. The topological polar surface area (TPSA) is 93.7 Å². The smallest absolute Gasteiger partial charge is 0.271 e. The number of amides is 1. The predicted octanol–water partition coefficient (Wildman–Crippen LogP) is 4.84. The third kappa shape index (κ3) is 5.80. The van der Waals surface area contributed by atoms with Crippen LogP contribution in [0.2, 0.25) is 0 Å². The van der Waals surface area contributed by atoms with Crippen molar-refractivity contribution in [3.8, 4) is 11.5 Å². The number of thiophene rings is 1. The van der Waals surface area contributed by atoms with Gasteiger partial charge in [0.05, 0.1) is 19.3 Å². The van der Waals surface area contributed by atoms with E-state index in [1.54, 1.807) is 29.6 Å². The summed E-state index contributed by atoms with van der Waals surface area (Å²) in [6, 6.07) is 14.8. The van der Waals surface area contributed by atoms with E-state index < -0.39 is 10.0 Å². The molecule has 2 aromatic carbocycles. The molecule has 1 amide bonds. The zero-order valence-electron chi connectivity index (χ0n) is 18.1. The van der Waals surface area contributed by atoms with Gasteiger partial charge in [0, 0.05) is 11.3 Å². The molecule has 1 unspecified atom stereocenters. The lowest BCUT2D eigenvalue weighted by molar-refractivity contribution is 0.0940. The molecule has 3 rings (SSSR count). The Balaban J connectivity index is 1.73. The van der Waals surface area contributed by atoms with E-state index in [9.17, 15) is 13.2 Å². The highest BCUT2D eigenvalue weighted by Crippen LogP contribution is 2.31. The average molecular weight is 475 g/mol. The van der Waals surface area contributed by atoms with Crippen molar-refractivity contribution in [2.75, 3.05) is 17.9 Å². The van der Waals surface area contributed by atoms with Gasteiger partial charge in [0.1, 0.15) is 4.21 Å². The first kappa shape index (κ1) is 23.6. The molecule has 32 heavy (non-hydrogen) atoms. The largest absolute Gasteiger partial charge is 0.490 e. The summed E-state index contributed by atoms with van der Waals surface area (Å²) >= 11 is 1.13. The molecular weight excluding hydrogens is 448 g/mol. The minimum Gasteiger partial charge on any atom is -0.490 e. The van der Waals surface area contributed by atoms with Crippen molar-refractivity contribution in [1.29, 1.82) is 0 Å². The number of sulfonamides is 1. The highest BCUT2D eigenvalue weighted by atomic mass is 32.2. The Labute approximate surface area is 192 Å². The lowest BCUT2D eigenvalue weighted by Gasteiger charge is -2.18. The Morgan fingerprint density at radius 2 is 1.75 bits per heavy atom. The fourth-order valence-corrected chi connectivity index (χ4v) is 5.09. The van der Waals surface area contributed by atoms with Gasteiger partial charge in [-0.3, -0.25) is 9.52 Å². The monoisotopic (exact) mass is 474 g/mol. The zero-order chi connectivity index (χ0) is 23.1. The molecule has 0 radical (unpaired) electrons. The van der Waals surface area contributed by atoms with E-state index >= 15 is 0 Å². The van der Waals surface area contributed by atoms with Gasteiger partial charge in [-0.1, -0.05) is 18.2 Å². The zero-order valence-corrected chi connectivity index (χ0v) is 19.8. The van der Waals surface area contributed by atoms with E-state index in [0.717, 1.165) is 16.9 Å². The first-order valence-corrected chi connectivity index (χ1v) is 12.6. The molecule has 170 valence electrons. The number of carbonyl (C=O) groups excluding carboxylic acids is 1. The molecule has 0 aliphatic heterocycles. The van der Waals surface area contributed by atoms with Gasteiger partial charge in [-0.2, -0.15) is 0 Å². The molecule has 0 fully saturated rings. The molecule has 0 bridgehead atoms. The summed E-state index contributed by atoms with van der Waals surface area (Å²) in [5.74, 6) is 0.960. The van der Waals surface area contributed by atoms with Crippen LogP contribution in [0.5, 0.6) is 11.5 Å². The molecular formula is C23H26N2O5S2. The molecule has 7 nitrogen and oxygen atoms in total. The second-order valence-electron chi connectivity index (χ2n) is 6.89. The Kier molecular flexibility index (Phi) is 7.76. The Hall–Kier alpha value is -3.04. The molecule has 0 saturated heterocycles. The third-order valence-electron chi connectivity index (χ3n) is 4.55. The second kappa shape index (κ2) is 10.5. The number of carbonyl (C=O) groups is 1. The normalized spacial score (nSPS) is 12.1. The van der Waals surface area contributed by atoms with Crippen LogP contribution in [0, 0.1) is 0 Å². The molecule has 1 atom stereocenters. The maximum absolute atomic E-state index is 12.8. The number of rotatable bonds is 10. The maximum Gasteiger partial charge on any atom is 0.271 e. The van der Waals surface area contributed by atoms with Gasteiger partial charge in [-0.05, 0) is 68.1 Å². The van der Waals surface area contributed by atoms with E-state index in [1.165, 1.54) is 12.1 Å². The lowest BCUT2D eigenvalue weighted by atomic mass is 10.1. The van der Waals surface area contributed by atoms with E-state index in [4.69, 9.17) is 9.47 Å². The van der Waals surface area contributed by atoms with Gasteiger partial charge < -0.3 is 14.8 Å². The standard InChI is InChI=1S/C23H26N2O5S2/c1-4-29-20-12-11-17(15-21(20)30-5-2)16(3)24-23(26)18-8-6-9-19(14-18)25-32(27,28)22-10-7-13-31-22/h6-16,25H,4-5H2,1-3H3,(H,24,26). The minimum atomic E-state index is -3.69. The van der Waals surface area contributed by atoms with Gasteiger partial charge in [0.2, 0.25) is 0 Å². The van der Waals surface area contributed by atoms with E-state index in [0.29, 0.717) is 36.0 Å². The molecule has 1 aromatic heterocycles. The van der Waals surface area contributed by atoms with Crippen LogP contribution >= 0.6 is 11.3 Å². The van der Waals surface area contributed by atoms with Gasteiger partial charge in [-0.15, -0.1) is 11.3 Å². The van der Waals surface area contributed by atoms with Crippen molar-refractivity contribution in [1.82, 2.24) is 5.32 Å². The van der Waals surface area contributed by atoms with Crippen molar-refractivity contribution >= 4 is 33.0 Å². The number of hydrogen-bond donors (Lipinski definition) is 2. The van der Waals surface area contributed by atoms with Gasteiger partial charge in [-0.25, -0.2) is 8.42 Å². The van der Waals surface area contributed by atoms with Crippen molar-refractivity contribution < 1.29 is 22.7 Å². The number of hydrogen-bond acceptors (Lipinski definition) is 6. The Morgan fingerprint density at radius 1 is 1.00 bits per heavy atom.